The molecule has 1 unspecified atom stereocenters. The van der Waals surface area contributed by atoms with Crippen LogP contribution in [0.4, 0.5) is 0 Å². The van der Waals surface area contributed by atoms with Crippen molar-refractivity contribution >= 4 is 11.8 Å². The van der Waals surface area contributed by atoms with E-state index in [1.54, 1.807) is 11.8 Å². The second-order valence-electron chi connectivity index (χ2n) is 4.05. The molecule has 0 bridgehead atoms. The van der Waals surface area contributed by atoms with Gasteiger partial charge in [-0.25, -0.2) is 0 Å². The lowest BCUT2D eigenvalue weighted by Gasteiger charge is -2.13. The van der Waals surface area contributed by atoms with Crippen molar-refractivity contribution in [1.82, 2.24) is 5.32 Å². The van der Waals surface area contributed by atoms with Crippen molar-refractivity contribution in [1.29, 1.82) is 0 Å². The van der Waals surface area contributed by atoms with Crippen LogP contribution in [-0.4, -0.2) is 49.0 Å². The number of ether oxygens (including phenoxy) is 1. The van der Waals surface area contributed by atoms with Gasteiger partial charge in [0.2, 0.25) is 0 Å². The SMILES string of the molecule is C#CCSCCNCC(O)COCC(C)C. The highest BCUT2D eigenvalue weighted by Gasteiger charge is 2.03. The van der Waals surface area contributed by atoms with Gasteiger partial charge < -0.3 is 15.2 Å². The van der Waals surface area contributed by atoms with Crippen LogP contribution in [0.3, 0.4) is 0 Å². The summed E-state index contributed by atoms with van der Waals surface area (Å²) in [5, 5.41) is 12.7. The summed E-state index contributed by atoms with van der Waals surface area (Å²) in [5.74, 6) is 4.81. The number of aliphatic hydroxyl groups excluding tert-OH is 1. The van der Waals surface area contributed by atoms with E-state index in [-0.39, 0.29) is 0 Å². The normalized spacial score (nSPS) is 12.7. The molecule has 2 N–H and O–H groups in total. The first-order valence-corrected chi connectivity index (χ1v) is 6.80. The molecule has 0 fully saturated rings. The lowest BCUT2D eigenvalue weighted by molar-refractivity contribution is 0.0264. The zero-order chi connectivity index (χ0) is 12.2. The zero-order valence-corrected chi connectivity index (χ0v) is 11.1. The minimum atomic E-state index is -0.420. The molecule has 94 valence electrons. The van der Waals surface area contributed by atoms with Gasteiger partial charge in [-0.15, -0.1) is 18.2 Å². The molecule has 0 amide bonds. The average molecular weight is 245 g/mol. The minimum Gasteiger partial charge on any atom is -0.389 e. The molecule has 3 nitrogen and oxygen atoms in total. The topological polar surface area (TPSA) is 41.5 Å². The first kappa shape index (κ1) is 15.8. The highest BCUT2D eigenvalue weighted by Crippen LogP contribution is 1.96. The van der Waals surface area contributed by atoms with E-state index in [1.807, 2.05) is 0 Å². The smallest absolute Gasteiger partial charge is 0.0897 e. The maximum Gasteiger partial charge on any atom is 0.0897 e. The fourth-order valence-corrected chi connectivity index (χ4v) is 1.59. The molecule has 0 radical (unpaired) electrons. The Kier molecular flexibility index (Phi) is 11.1. The van der Waals surface area contributed by atoms with E-state index >= 15 is 0 Å². The molecule has 0 spiro atoms. The van der Waals surface area contributed by atoms with Crippen LogP contribution < -0.4 is 5.32 Å². The van der Waals surface area contributed by atoms with Gasteiger partial charge >= 0.3 is 0 Å². The first-order chi connectivity index (χ1) is 7.66. The van der Waals surface area contributed by atoms with Crippen LogP contribution in [0.2, 0.25) is 0 Å². The highest BCUT2D eigenvalue weighted by molar-refractivity contribution is 7.99. The molecule has 4 heteroatoms. The molecule has 0 aliphatic carbocycles. The van der Waals surface area contributed by atoms with Crippen molar-refractivity contribution in [3.63, 3.8) is 0 Å². The molecule has 16 heavy (non-hydrogen) atoms. The van der Waals surface area contributed by atoms with Crippen LogP contribution in [0.5, 0.6) is 0 Å². The molecule has 0 rings (SSSR count). The number of aliphatic hydroxyl groups is 1. The predicted molar refractivity (Wildman–Crippen MR) is 70.7 cm³/mol. The zero-order valence-electron chi connectivity index (χ0n) is 10.2. The summed E-state index contributed by atoms with van der Waals surface area (Å²) >= 11 is 1.72. The van der Waals surface area contributed by atoms with E-state index in [0.29, 0.717) is 25.7 Å². The van der Waals surface area contributed by atoms with Gasteiger partial charge in [0, 0.05) is 25.4 Å². The van der Waals surface area contributed by atoms with Gasteiger partial charge in [0.15, 0.2) is 0 Å². The standard InChI is InChI=1S/C12H23NO2S/c1-4-6-16-7-5-13-8-12(14)10-15-9-11(2)3/h1,11-14H,5-10H2,2-3H3. The van der Waals surface area contributed by atoms with E-state index in [1.165, 1.54) is 0 Å². The molecule has 0 saturated heterocycles. The molecule has 0 aliphatic rings. The average Bonchev–Trinajstić information content (AvgIpc) is 2.22. The maximum atomic E-state index is 9.54. The number of hydrogen-bond donors (Lipinski definition) is 2. The van der Waals surface area contributed by atoms with E-state index in [2.05, 4.69) is 25.1 Å². The van der Waals surface area contributed by atoms with Gasteiger partial charge in [0.1, 0.15) is 0 Å². The molecule has 0 aliphatic heterocycles. The second kappa shape index (κ2) is 11.3. The third-order valence-electron chi connectivity index (χ3n) is 1.75. The van der Waals surface area contributed by atoms with Crippen LogP contribution in [-0.2, 0) is 4.74 Å². The monoisotopic (exact) mass is 245 g/mol. The number of hydrogen-bond acceptors (Lipinski definition) is 4. The largest absolute Gasteiger partial charge is 0.389 e. The van der Waals surface area contributed by atoms with Gasteiger partial charge in [-0.3, -0.25) is 0 Å². The summed E-state index contributed by atoms with van der Waals surface area (Å²) in [6, 6.07) is 0. The summed E-state index contributed by atoms with van der Waals surface area (Å²) in [6.45, 7) is 6.74. The maximum absolute atomic E-state index is 9.54. The summed E-state index contributed by atoms with van der Waals surface area (Å²) in [7, 11) is 0. The van der Waals surface area contributed by atoms with Crippen LogP contribution in [0.1, 0.15) is 13.8 Å². The van der Waals surface area contributed by atoms with Gasteiger partial charge in [0.25, 0.3) is 0 Å². The van der Waals surface area contributed by atoms with Crippen molar-refractivity contribution < 1.29 is 9.84 Å². The van der Waals surface area contributed by atoms with Crippen LogP contribution >= 0.6 is 11.8 Å². The third-order valence-corrected chi connectivity index (χ3v) is 2.61. The lowest BCUT2D eigenvalue weighted by Crippen LogP contribution is -2.32. The summed E-state index contributed by atoms with van der Waals surface area (Å²) in [6.07, 6.45) is 4.70. The Labute approximate surface area is 103 Å². The van der Waals surface area contributed by atoms with Crippen LogP contribution in [0.25, 0.3) is 0 Å². The molecular weight excluding hydrogens is 222 g/mol. The predicted octanol–water partition coefficient (Wildman–Crippen LogP) is 0.976. The molecule has 0 aromatic rings. The second-order valence-corrected chi connectivity index (χ2v) is 5.15. The Morgan fingerprint density at radius 1 is 1.44 bits per heavy atom. The first-order valence-electron chi connectivity index (χ1n) is 5.64. The van der Waals surface area contributed by atoms with Gasteiger partial charge in [0.05, 0.1) is 18.5 Å². The molecule has 0 aromatic carbocycles. The van der Waals surface area contributed by atoms with Gasteiger partial charge in [-0.1, -0.05) is 19.8 Å². The van der Waals surface area contributed by atoms with Crippen LogP contribution in [0, 0.1) is 18.3 Å². The lowest BCUT2D eigenvalue weighted by atomic mass is 10.2. The van der Waals surface area contributed by atoms with Crippen molar-refractivity contribution in [2.24, 2.45) is 5.92 Å². The third kappa shape index (κ3) is 11.9. The fourth-order valence-electron chi connectivity index (χ4n) is 1.04. The van der Waals surface area contributed by atoms with E-state index < -0.39 is 6.10 Å². The summed E-state index contributed by atoms with van der Waals surface area (Å²) < 4.78 is 5.33. The molecule has 1 atom stereocenters. The molecule has 0 saturated carbocycles. The Balaban J connectivity index is 3.18. The van der Waals surface area contributed by atoms with Crippen LogP contribution in [0.15, 0.2) is 0 Å². The molecule has 0 heterocycles. The van der Waals surface area contributed by atoms with E-state index in [0.717, 1.165) is 18.1 Å². The van der Waals surface area contributed by atoms with E-state index in [4.69, 9.17) is 11.2 Å². The summed E-state index contributed by atoms with van der Waals surface area (Å²) in [5.41, 5.74) is 0. The van der Waals surface area contributed by atoms with Crippen molar-refractivity contribution in [2.45, 2.75) is 20.0 Å². The van der Waals surface area contributed by atoms with Crippen molar-refractivity contribution in [3.05, 3.63) is 0 Å². The molecule has 0 aromatic heterocycles. The number of rotatable bonds is 10. The number of nitrogens with one attached hydrogen (secondary N) is 1. The highest BCUT2D eigenvalue weighted by atomic mass is 32.2. The Hall–Kier alpha value is -0.210. The van der Waals surface area contributed by atoms with Crippen molar-refractivity contribution in [2.75, 3.05) is 37.8 Å². The number of terminal acetylenes is 1. The Bertz CT molecular complexity index is 192. The fraction of sp³-hybridized carbons (Fsp3) is 0.833. The molecular formula is C12H23NO2S. The van der Waals surface area contributed by atoms with Gasteiger partial charge in [-0.2, -0.15) is 0 Å². The Morgan fingerprint density at radius 3 is 2.81 bits per heavy atom. The minimum absolute atomic E-state index is 0.405. The number of thioether (sulfide) groups is 1. The quantitative estimate of drug-likeness (QED) is 0.445. The Morgan fingerprint density at radius 2 is 2.19 bits per heavy atom. The van der Waals surface area contributed by atoms with E-state index in [9.17, 15) is 5.11 Å². The summed E-state index contributed by atoms with van der Waals surface area (Å²) in [4.78, 5) is 0. The van der Waals surface area contributed by atoms with Crippen molar-refractivity contribution in [3.8, 4) is 12.3 Å². The van der Waals surface area contributed by atoms with Gasteiger partial charge in [-0.05, 0) is 5.92 Å².